The molecular weight excluding hydrogens is 480 g/mol. The van der Waals surface area contributed by atoms with Gasteiger partial charge in [-0.25, -0.2) is 9.37 Å². The van der Waals surface area contributed by atoms with Crippen molar-refractivity contribution in [1.82, 2.24) is 10.1 Å². The number of rotatable bonds is 5. The number of aryl methyl sites for hydroxylation is 2. The van der Waals surface area contributed by atoms with Crippen molar-refractivity contribution in [2.75, 3.05) is 0 Å². The summed E-state index contributed by atoms with van der Waals surface area (Å²) in [5.41, 5.74) is -3.06. The quantitative estimate of drug-likeness (QED) is 0.207. The van der Waals surface area contributed by atoms with E-state index in [0.29, 0.717) is 41.0 Å². The monoisotopic (exact) mass is 494 g/mol. The minimum Gasteiger partial charge on any atom is -0.434 e. The molecule has 1 aliphatic rings. The maximum absolute atomic E-state index is 13.9. The van der Waals surface area contributed by atoms with E-state index in [1.807, 2.05) is 6.07 Å². The first-order valence-electron chi connectivity index (χ1n) is 9.92. The Hall–Kier alpha value is -3.67. The standard InChI is InChI=1S/C22H14F4N2O5S/c23-11-16-18(28-32-19(16)12-4-2-1-3-5-12)21-27-17-9-6-13-10-14(7-8-15(13)20(17)31-21)33-34(29,30)22(24,25)26/h1-5,7-8,10H,6,9,11H2. The first-order valence-corrected chi connectivity index (χ1v) is 11.3. The van der Waals surface area contributed by atoms with Crippen molar-refractivity contribution in [3.05, 3.63) is 65.4 Å². The maximum atomic E-state index is 13.9. The second kappa shape index (κ2) is 7.97. The van der Waals surface area contributed by atoms with Crippen LogP contribution in [-0.4, -0.2) is 24.1 Å². The van der Waals surface area contributed by atoms with E-state index < -0.39 is 28.1 Å². The summed E-state index contributed by atoms with van der Waals surface area (Å²) in [5.74, 6) is 0.150. The molecule has 0 atom stereocenters. The van der Waals surface area contributed by atoms with E-state index >= 15 is 0 Å². The van der Waals surface area contributed by atoms with Gasteiger partial charge >= 0.3 is 15.6 Å². The first kappa shape index (κ1) is 22.1. The number of benzene rings is 2. The summed E-state index contributed by atoms with van der Waals surface area (Å²) >= 11 is 0. The van der Waals surface area contributed by atoms with E-state index in [0.717, 1.165) is 6.07 Å². The van der Waals surface area contributed by atoms with Crippen LogP contribution in [0.25, 0.3) is 34.2 Å². The molecule has 7 nitrogen and oxygen atoms in total. The minimum absolute atomic E-state index is 0.0383. The van der Waals surface area contributed by atoms with Gasteiger partial charge in [-0.1, -0.05) is 35.5 Å². The van der Waals surface area contributed by atoms with Crippen molar-refractivity contribution in [2.45, 2.75) is 25.0 Å². The highest BCUT2D eigenvalue weighted by Crippen LogP contribution is 2.40. The number of hydrogen-bond acceptors (Lipinski definition) is 7. The molecule has 0 fully saturated rings. The van der Waals surface area contributed by atoms with E-state index in [2.05, 4.69) is 14.3 Å². The molecule has 0 spiro atoms. The van der Waals surface area contributed by atoms with Crippen molar-refractivity contribution in [1.29, 1.82) is 0 Å². The molecule has 34 heavy (non-hydrogen) atoms. The summed E-state index contributed by atoms with van der Waals surface area (Å²) in [5, 5.41) is 3.95. The molecule has 2 heterocycles. The smallest absolute Gasteiger partial charge is 0.434 e. The van der Waals surface area contributed by atoms with Crippen LogP contribution in [0.15, 0.2) is 57.5 Å². The lowest BCUT2D eigenvalue weighted by Crippen LogP contribution is -2.28. The topological polar surface area (TPSA) is 95.4 Å². The third-order valence-electron chi connectivity index (χ3n) is 5.30. The number of nitrogens with zero attached hydrogens (tertiary/aromatic N) is 2. The van der Waals surface area contributed by atoms with Crippen LogP contribution >= 0.6 is 0 Å². The highest BCUT2D eigenvalue weighted by Gasteiger charge is 2.48. The second-order valence-corrected chi connectivity index (χ2v) is 8.97. The van der Waals surface area contributed by atoms with Crippen molar-refractivity contribution < 1.29 is 39.1 Å². The fourth-order valence-corrected chi connectivity index (χ4v) is 4.18. The molecule has 4 aromatic rings. The average Bonchev–Trinajstić information content (AvgIpc) is 3.42. The van der Waals surface area contributed by atoms with Crippen LogP contribution in [-0.2, 0) is 29.6 Å². The van der Waals surface area contributed by atoms with Gasteiger partial charge in [0.2, 0.25) is 5.89 Å². The molecule has 2 aromatic heterocycles. The molecule has 0 radical (unpaired) electrons. The van der Waals surface area contributed by atoms with Crippen molar-refractivity contribution in [3.8, 4) is 40.0 Å². The lowest BCUT2D eigenvalue weighted by Gasteiger charge is -2.15. The summed E-state index contributed by atoms with van der Waals surface area (Å²) in [6, 6.07) is 12.5. The molecule has 0 unspecified atom stereocenters. The Morgan fingerprint density at radius 1 is 1.03 bits per heavy atom. The molecule has 0 N–H and O–H groups in total. The third-order valence-corrected chi connectivity index (χ3v) is 6.28. The molecule has 1 aliphatic carbocycles. The van der Waals surface area contributed by atoms with Crippen LogP contribution in [0.3, 0.4) is 0 Å². The number of halogens is 4. The SMILES string of the molecule is O=S(=O)(Oc1ccc2c(c1)CCc1nc(-c3noc(-c4ccccc4)c3CF)oc1-2)C(F)(F)F. The summed E-state index contributed by atoms with van der Waals surface area (Å²) in [7, 11) is -5.79. The number of alkyl halides is 4. The summed E-state index contributed by atoms with van der Waals surface area (Å²) in [4.78, 5) is 4.42. The molecule has 12 heteroatoms. The van der Waals surface area contributed by atoms with Crippen molar-refractivity contribution >= 4 is 10.1 Å². The van der Waals surface area contributed by atoms with Gasteiger partial charge < -0.3 is 13.1 Å². The van der Waals surface area contributed by atoms with Gasteiger partial charge in [0.1, 0.15) is 12.4 Å². The largest absolute Gasteiger partial charge is 0.534 e. The molecule has 0 aliphatic heterocycles. The number of oxazole rings is 1. The van der Waals surface area contributed by atoms with E-state index in [1.54, 1.807) is 24.3 Å². The predicted molar refractivity (Wildman–Crippen MR) is 111 cm³/mol. The Morgan fingerprint density at radius 3 is 2.50 bits per heavy atom. The minimum atomic E-state index is -5.79. The average molecular weight is 494 g/mol. The van der Waals surface area contributed by atoms with Crippen LogP contribution in [0.1, 0.15) is 16.8 Å². The molecule has 2 aromatic carbocycles. The highest BCUT2D eigenvalue weighted by molar-refractivity contribution is 7.88. The molecular formula is C22H14F4N2O5S. The van der Waals surface area contributed by atoms with Crippen LogP contribution in [0.5, 0.6) is 5.75 Å². The summed E-state index contributed by atoms with van der Waals surface area (Å²) < 4.78 is 89.8. The molecule has 0 saturated carbocycles. The Morgan fingerprint density at radius 2 is 1.79 bits per heavy atom. The van der Waals surface area contributed by atoms with E-state index in [4.69, 9.17) is 8.94 Å². The lowest BCUT2D eigenvalue weighted by molar-refractivity contribution is -0.0500. The van der Waals surface area contributed by atoms with E-state index in [9.17, 15) is 26.0 Å². The number of hydrogen-bond donors (Lipinski definition) is 0. The van der Waals surface area contributed by atoms with Gasteiger partial charge in [-0.15, -0.1) is 0 Å². The Balaban J connectivity index is 1.50. The van der Waals surface area contributed by atoms with Crippen LogP contribution < -0.4 is 4.18 Å². The predicted octanol–water partition coefficient (Wildman–Crippen LogP) is 5.46. The van der Waals surface area contributed by atoms with E-state index in [-0.39, 0.29) is 22.9 Å². The fraction of sp³-hybridized carbons (Fsp3) is 0.182. The zero-order chi connectivity index (χ0) is 24.1. The van der Waals surface area contributed by atoms with Crippen molar-refractivity contribution in [2.24, 2.45) is 0 Å². The van der Waals surface area contributed by atoms with Gasteiger partial charge in [-0.05, 0) is 36.6 Å². The van der Waals surface area contributed by atoms with Crippen LogP contribution in [0, 0.1) is 0 Å². The maximum Gasteiger partial charge on any atom is 0.534 e. The zero-order valence-corrected chi connectivity index (χ0v) is 17.9. The van der Waals surface area contributed by atoms with E-state index in [1.165, 1.54) is 12.1 Å². The fourth-order valence-electron chi connectivity index (χ4n) is 3.73. The third kappa shape index (κ3) is 3.73. The van der Waals surface area contributed by atoms with Crippen molar-refractivity contribution in [3.63, 3.8) is 0 Å². The lowest BCUT2D eigenvalue weighted by atomic mass is 9.93. The molecule has 0 amide bonds. The second-order valence-electron chi connectivity index (χ2n) is 7.44. The van der Waals surface area contributed by atoms with Crippen LogP contribution in [0.4, 0.5) is 17.6 Å². The Kier molecular flexibility index (Phi) is 5.19. The molecule has 0 bridgehead atoms. The molecule has 5 rings (SSSR count). The Labute approximate surface area is 190 Å². The number of fused-ring (bicyclic) bond motifs is 3. The van der Waals surface area contributed by atoms with Gasteiger partial charge in [0.25, 0.3) is 0 Å². The first-order chi connectivity index (χ1) is 16.2. The summed E-state index contributed by atoms with van der Waals surface area (Å²) in [6.45, 7) is -0.874. The Bertz CT molecular complexity index is 1480. The zero-order valence-electron chi connectivity index (χ0n) is 17.1. The number of aromatic nitrogens is 2. The van der Waals surface area contributed by atoms with Crippen LogP contribution in [0.2, 0.25) is 0 Å². The highest BCUT2D eigenvalue weighted by atomic mass is 32.2. The normalized spacial score (nSPS) is 13.4. The van der Waals surface area contributed by atoms with Gasteiger partial charge in [-0.3, -0.25) is 0 Å². The van der Waals surface area contributed by atoms with Gasteiger partial charge in [-0.2, -0.15) is 21.6 Å². The molecule has 0 saturated heterocycles. The van der Waals surface area contributed by atoms with Gasteiger partial charge in [0.05, 0.1) is 11.3 Å². The summed E-state index contributed by atoms with van der Waals surface area (Å²) in [6.07, 6.45) is 0.706. The van der Waals surface area contributed by atoms with Gasteiger partial charge in [0.15, 0.2) is 17.2 Å². The van der Waals surface area contributed by atoms with Gasteiger partial charge in [0, 0.05) is 11.1 Å². The molecule has 176 valence electrons.